The Hall–Kier alpha value is -1.82. The molecule has 0 unspecified atom stereocenters. The van der Waals surface area contributed by atoms with Crippen molar-refractivity contribution in [2.24, 2.45) is 0 Å². The number of ether oxygens (including phenoxy) is 1. The van der Waals surface area contributed by atoms with E-state index in [1.807, 2.05) is 25.1 Å². The maximum Gasteiger partial charge on any atom is 0.322 e. The number of hydrogen-bond donors (Lipinski definition) is 1. The van der Waals surface area contributed by atoms with Gasteiger partial charge in [0.2, 0.25) is 10.0 Å². The number of unbranched alkanes of at least 4 members (excludes halogenated alkanes) is 1. The van der Waals surface area contributed by atoms with Gasteiger partial charge in [0.05, 0.1) is 12.0 Å². The molecule has 0 aliphatic rings. The largest absolute Gasteiger partial charge is 0.497 e. The fourth-order valence-corrected chi connectivity index (χ4v) is 4.77. The second-order valence-corrected chi connectivity index (χ2v) is 9.26. The van der Waals surface area contributed by atoms with E-state index >= 15 is 0 Å². The minimum atomic E-state index is -4.04. The molecule has 1 N–H and O–H groups in total. The van der Waals surface area contributed by atoms with Gasteiger partial charge in [0, 0.05) is 25.4 Å². The molecule has 0 aliphatic heterocycles. The first-order valence-electron chi connectivity index (χ1n) is 9.83. The summed E-state index contributed by atoms with van der Waals surface area (Å²) in [4.78, 5) is 14.2. The normalized spacial score (nSPS) is 12.4. The zero-order valence-electron chi connectivity index (χ0n) is 18.7. The Labute approximate surface area is 197 Å². The van der Waals surface area contributed by atoms with Crippen LogP contribution < -0.4 is 4.74 Å². The Morgan fingerprint density at radius 1 is 1.03 bits per heavy atom. The molecule has 0 amide bonds. The summed E-state index contributed by atoms with van der Waals surface area (Å²) in [5.74, 6) is -0.616. The van der Waals surface area contributed by atoms with E-state index < -0.39 is 22.0 Å². The van der Waals surface area contributed by atoms with Crippen LogP contribution in [0.25, 0.3) is 0 Å². The number of aliphatic carboxylic acids is 1. The fourth-order valence-electron chi connectivity index (χ4n) is 3.17. The van der Waals surface area contributed by atoms with Crippen LogP contribution in [0.2, 0.25) is 0 Å². The van der Waals surface area contributed by atoms with Crippen LogP contribution in [0.15, 0.2) is 59.5 Å². The molecule has 0 saturated heterocycles. The minimum Gasteiger partial charge on any atom is -0.497 e. The molecule has 0 heterocycles. The summed E-state index contributed by atoms with van der Waals surface area (Å²) in [7, 11) is 1.36. The summed E-state index contributed by atoms with van der Waals surface area (Å²) in [5.41, 5.74) is 0.731. The molecule has 7 nitrogen and oxygen atoms in total. The van der Waals surface area contributed by atoms with E-state index in [9.17, 15) is 18.3 Å². The molecule has 2 rings (SSSR count). The van der Waals surface area contributed by atoms with E-state index in [4.69, 9.17) is 4.74 Å². The Morgan fingerprint density at radius 3 is 2.16 bits per heavy atom. The first-order chi connectivity index (χ1) is 14.3. The summed E-state index contributed by atoms with van der Waals surface area (Å²) in [5, 5.41) is 9.89. The zero-order valence-corrected chi connectivity index (χ0v) is 19.5. The molecule has 0 bridgehead atoms. The van der Waals surface area contributed by atoms with Crippen molar-refractivity contribution >= 4 is 34.9 Å². The molecular weight excluding hydrogens is 411 g/mol. The van der Waals surface area contributed by atoms with Crippen molar-refractivity contribution in [2.45, 2.75) is 36.7 Å². The van der Waals surface area contributed by atoms with E-state index in [0.29, 0.717) is 12.2 Å². The van der Waals surface area contributed by atoms with Gasteiger partial charge in [-0.05, 0) is 69.7 Å². The molecule has 1 atom stereocenters. The van der Waals surface area contributed by atoms with Gasteiger partial charge in [-0.25, -0.2) is 8.42 Å². The van der Waals surface area contributed by atoms with E-state index in [1.54, 1.807) is 36.4 Å². The van der Waals surface area contributed by atoms with Gasteiger partial charge in [-0.3, -0.25) is 4.79 Å². The maximum atomic E-state index is 13.4. The number of nitrogens with zero attached hydrogens (tertiary/aromatic N) is 2. The average Bonchev–Trinajstić information content (AvgIpc) is 2.72. The number of sulfonamides is 1. The molecule has 0 aromatic heterocycles. The molecule has 0 fully saturated rings. The molecule has 165 valence electrons. The fraction of sp³-hybridized carbons (Fsp3) is 0.409. The first-order valence-corrected chi connectivity index (χ1v) is 11.3. The second-order valence-electron chi connectivity index (χ2n) is 7.36. The van der Waals surface area contributed by atoms with E-state index in [0.717, 1.165) is 22.8 Å². The third-order valence-corrected chi connectivity index (χ3v) is 6.68. The van der Waals surface area contributed by atoms with Gasteiger partial charge in [0.25, 0.3) is 0 Å². The summed E-state index contributed by atoms with van der Waals surface area (Å²) < 4.78 is 33.1. The number of carboxylic acid groups (broad SMARTS) is 1. The van der Waals surface area contributed by atoms with Gasteiger partial charge in [-0.2, -0.15) is 4.31 Å². The van der Waals surface area contributed by atoms with Crippen molar-refractivity contribution in [2.75, 3.05) is 27.7 Å². The molecule has 0 aliphatic carbocycles. The minimum absolute atomic E-state index is 0. The van der Waals surface area contributed by atoms with E-state index in [-0.39, 0.29) is 36.7 Å². The molecule has 2 aromatic carbocycles. The number of carbonyl (C=O) groups is 1. The molecular formula is C22H30LiN2O5S. The van der Waals surface area contributed by atoms with Crippen LogP contribution >= 0.6 is 0 Å². The molecule has 0 spiro atoms. The monoisotopic (exact) mass is 441 g/mol. The van der Waals surface area contributed by atoms with Crippen LogP contribution in [0.5, 0.6) is 5.75 Å². The number of benzene rings is 2. The standard InChI is InChI=1S/C22H30N2O5S.Li/c1-23(2)16-8-7-11-21(22(25)26)24(17-18-9-5-4-6-10-18)30(27,28)20-14-12-19(29-3)13-15-20;/h4-6,9-10,12-15,21H,7-8,11,16-17H2,1-3H3,(H,25,26);/t21-;/m1./s1. The van der Waals surface area contributed by atoms with Crippen molar-refractivity contribution in [1.29, 1.82) is 0 Å². The quantitative estimate of drug-likeness (QED) is 0.403. The second kappa shape index (κ2) is 12.9. The summed E-state index contributed by atoms with van der Waals surface area (Å²) >= 11 is 0. The van der Waals surface area contributed by atoms with E-state index in [2.05, 4.69) is 0 Å². The number of carboxylic acids is 1. The Morgan fingerprint density at radius 2 is 1.65 bits per heavy atom. The molecule has 0 saturated carbocycles. The van der Waals surface area contributed by atoms with Crippen LogP contribution in [-0.4, -0.2) is 81.4 Å². The molecule has 2 aromatic rings. The van der Waals surface area contributed by atoms with Crippen LogP contribution in [0.3, 0.4) is 0 Å². The van der Waals surface area contributed by atoms with Crippen LogP contribution in [0.1, 0.15) is 24.8 Å². The van der Waals surface area contributed by atoms with Crippen molar-refractivity contribution in [3.63, 3.8) is 0 Å². The van der Waals surface area contributed by atoms with Crippen LogP contribution in [0.4, 0.5) is 0 Å². The number of methoxy groups -OCH3 is 1. The molecule has 9 heteroatoms. The van der Waals surface area contributed by atoms with Gasteiger partial charge in [0.15, 0.2) is 0 Å². The SMILES string of the molecule is COc1ccc(S(=O)(=O)N(Cc2ccccc2)[C@H](CCCCN(C)C)C(=O)O)cc1.[Li]. The van der Waals surface area contributed by atoms with Crippen LogP contribution in [0, 0.1) is 0 Å². The number of hydrogen-bond acceptors (Lipinski definition) is 5. The van der Waals surface area contributed by atoms with E-state index in [1.165, 1.54) is 19.2 Å². The summed E-state index contributed by atoms with van der Waals surface area (Å²) in [6.45, 7) is 0.802. The average molecular weight is 441 g/mol. The molecule has 31 heavy (non-hydrogen) atoms. The number of rotatable bonds is 12. The smallest absolute Gasteiger partial charge is 0.322 e. The summed E-state index contributed by atoms with van der Waals surface area (Å²) in [6.07, 6.45) is 1.64. The van der Waals surface area contributed by atoms with Gasteiger partial charge in [-0.15, -0.1) is 0 Å². The predicted octanol–water partition coefficient (Wildman–Crippen LogP) is 2.69. The van der Waals surface area contributed by atoms with Crippen molar-refractivity contribution < 1.29 is 23.1 Å². The van der Waals surface area contributed by atoms with Crippen molar-refractivity contribution in [3.05, 3.63) is 60.2 Å². The van der Waals surface area contributed by atoms with Crippen molar-refractivity contribution in [3.8, 4) is 5.75 Å². The third kappa shape index (κ3) is 7.98. The van der Waals surface area contributed by atoms with Gasteiger partial charge < -0.3 is 14.7 Å². The maximum absolute atomic E-state index is 13.4. The third-order valence-electron chi connectivity index (χ3n) is 4.81. The Balaban J connectivity index is 0.00000480. The van der Waals surface area contributed by atoms with Gasteiger partial charge in [-0.1, -0.05) is 30.3 Å². The topological polar surface area (TPSA) is 87.2 Å². The van der Waals surface area contributed by atoms with Crippen molar-refractivity contribution in [1.82, 2.24) is 9.21 Å². The van der Waals surface area contributed by atoms with Gasteiger partial charge >= 0.3 is 5.97 Å². The summed E-state index contributed by atoms with van der Waals surface area (Å²) in [6, 6.07) is 13.9. The zero-order chi connectivity index (χ0) is 22.1. The first kappa shape index (κ1) is 27.2. The molecule has 1 radical (unpaired) electrons. The van der Waals surface area contributed by atoms with Crippen LogP contribution in [-0.2, 0) is 21.4 Å². The Bertz CT molecular complexity index is 905. The van der Waals surface area contributed by atoms with Gasteiger partial charge in [0.1, 0.15) is 11.8 Å². The Kier molecular flexibility index (Phi) is 11.3. The predicted molar refractivity (Wildman–Crippen MR) is 122 cm³/mol.